The standard InChI is InChI=1S/C17H15FO/c1-11-8-14(6-7-16(11)18)17(19)15-9-12-4-2-3-5-13(12)10-15/h2-8,15H,9-10H2,1H3. The quantitative estimate of drug-likeness (QED) is 0.746. The third-order valence-electron chi connectivity index (χ3n) is 3.86. The highest BCUT2D eigenvalue weighted by atomic mass is 19.1. The van der Waals surface area contributed by atoms with Crippen LogP contribution in [0.2, 0.25) is 0 Å². The summed E-state index contributed by atoms with van der Waals surface area (Å²) in [7, 11) is 0. The molecule has 0 spiro atoms. The van der Waals surface area contributed by atoms with Crippen LogP contribution in [0.15, 0.2) is 42.5 Å². The lowest BCUT2D eigenvalue weighted by atomic mass is 9.94. The summed E-state index contributed by atoms with van der Waals surface area (Å²) in [6.45, 7) is 1.69. The van der Waals surface area contributed by atoms with Crippen molar-refractivity contribution in [2.45, 2.75) is 19.8 Å². The third-order valence-corrected chi connectivity index (χ3v) is 3.86. The second-order valence-electron chi connectivity index (χ2n) is 5.20. The van der Waals surface area contributed by atoms with E-state index in [1.54, 1.807) is 19.1 Å². The normalized spacial score (nSPS) is 14.4. The molecule has 19 heavy (non-hydrogen) atoms. The predicted molar refractivity (Wildman–Crippen MR) is 72.8 cm³/mol. The van der Waals surface area contributed by atoms with E-state index in [1.165, 1.54) is 17.2 Å². The summed E-state index contributed by atoms with van der Waals surface area (Å²) in [6.07, 6.45) is 1.59. The number of carbonyl (C=O) groups is 1. The number of fused-ring (bicyclic) bond motifs is 1. The first-order chi connectivity index (χ1) is 9.15. The van der Waals surface area contributed by atoms with Crippen molar-refractivity contribution in [1.29, 1.82) is 0 Å². The molecular formula is C17H15FO. The average molecular weight is 254 g/mol. The van der Waals surface area contributed by atoms with Gasteiger partial charge in [-0.05, 0) is 54.7 Å². The van der Waals surface area contributed by atoms with Crippen LogP contribution in [0, 0.1) is 18.7 Å². The maximum Gasteiger partial charge on any atom is 0.166 e. The molecule has 0 heterocycles. The summed E-state index contributed by atoms with van der Waals surface area (Å²) in [4.78, 5) is 12.5. The molecule has 0 radical (unpaired) electrons. The molecule has 0 amide bonds. The van der Waals surface area contributed by atoms with Gasteiger partial charge in [0.1, 0.15) is 5.82 Å². The Morgan fingerprint density at radius 1 is 1.11 bits per heavy atom. The van der Waals surface area contributed by atoms with Crippen molar-refractivity contribution < 1.29 is 9.18 Å². The molecule has 2 heteroatoms. The lowest BCUT2D eigenvalue weighted by Crippen LogP contribution is -2.15. The summed E-state index contributed by atoms with van der Waals surface area (Å²) in [6, 6.07) is 12.8. The Morgan fingerprint density at radius 2 is 1.74 bits per heavy atom. The van der Waals surface area contributed by atoms with Gasteiger partial charge in [-0.1, -0.05) is 24.3 Å². The second kappa shape index (κ2) is 4.61. The van der Waals surface area contributed by atoms with Gasteiger partial charge in [-0.2, -0.15) is 0 Å². The molecule has 0 aliphatic heterocycles. The molecule has 0 aromatic heterocycles. The van der Waals surface area contributed by atoms with Gasteiger partial charge < -0.3 is 0 Å². The maximum absolute atomic E-state index is 13.2. The Bertz CT molecular complexity index is 620. The number of benzene rings is 2. The Labute approximate surface area is 112 Å². The Morgan fingerprint density at radius 3 is 2.32 bits per heavy atom. The van der Waals surface area contributed by atoms with Crippen molar-refractivity contribution in [3.8, 4) is 0 Å². The van der Waals surface area contributed by atoms with E-state index in [1.807, 2.05) is 12.1 Å². The number of ketones is 1. The number of hydrogen-bond donors (Lipinski definition) is 0. The van der Waals surface area contributed by atoms with E-state index in [9.17, 15) is 9.18 Å². The zero-order chi connectivity index (χ0) is 13.4. The van der Waals surface area contributed by atoms with E-state index in [4.69, 9.17) is 0 Å². The number of Topliss-reactive ketones (excluding diaryl/α,β-unsaturated/α-hetero) is 1. The average Bonchev–Trinajstić information content (AvgIpc) is 2.85. The van der Waals surface area contributed by atoms with Gasteiger partial charge in [0.2, 0.25) is 0 Å². The first-order valence-corrected chi connectivity index (χ1v) is 6.52. The van der Waals surface area contributed by atoms with Gasteiger partial charge in [0.15, 0.2) is 5.78 Å². The van der Waals surface area contributed by atoms with E-state index < -0.39 is 0 Å². The third kappa shape index (κ3) is 2.19. The monoisotopic (exact) mass is 254 g/mol. The molecule has 96 valence electrons. The molecule has 1 aliphatic carbocycles. The van der Waals surface area contributed by atoms with Gasteiger partial charge >= 0.3 is 0 Å². The summed E-state index contributed by atoms with van der Waals surface area (Å²) in [5.41, 5.74) is 3.68. The van der Waals surface area contributed by atoms with Crippen LogP contribution >= 0.6 is 0 Å². The van der Waals surface area contributed by atoms with Crippen LogP contribution in [-0.4, -0.2) is 5.78 Å². The minimum atomic E-state index is -0.258. The smallest absolute Gasteiger partial charge is 0.166 e. The molecule has 0 fully saturated rings. The summed E-state index contributed by atoms with van der Waals surface area (Å²) >= 11 is 0. The lowest BCUT2D eigenvalue weighted by Gasteiger charge is -2.09. The summed E-state index contributed by atoms with van der Waals surface area (Å²) in [5.74, 6) is -0.132. The molecule has 0 saturated heterocycles. The SMILES string of the molecule is Cc1cc(C(=O)C2Cc3ccccc3C2)ccc1F. The van der Waals surface area contributed by atoms with Gasteiger partial charge in [-0.3, -0.25) is 4.79 Å². The second-order valence-corrected chi connectivity index (χ2v) is 5.20. The zero-order valence-corrected chi connectivity index (χ0v) is 10.8. The number of hydrogen-bond acceptors (Lipinski definition) is 1. The molecule has 0 bridgehead atoms. The minimum Gasteiger partial charge on any atom is -0.294 e. The minimum absolute atomic E-state index is 0.00209. The van der Waals surface area contributed by atoms with E-state index in [0.29, 0.717) is 11.1 Å². The molecule has 0 N–H and O–H groups in total. The van der Waals surface area contributed by atoms with Gasteiger partial charge in [0.05, 0.1) is 0 Å². The van der Waals surface area contributed by atoms with Crippen LogP contribution in [0.3, 0.4) is 0 Å². The first kappa shape index (κ1) is 12.1. The summed E-state index contributed by atoms with van der Waals surface area (Å²) < 4.78 is 13.2. The zero-order valence-electron chi connectivity index (χ0n) is 10.8. The molecule has 2 aromatic carbocycles. The highest BCUT2D eigenvalue weighted by molar-refractivity contribution is 5.98. The van der Waals surface area contributed by atoms with E-state index >= 15 is 0 Å². The number of rotatable bonds is 2. The van der Waals surface area contributed by atoms with E-state index in [0.717, 1.165) is 12.8 Å². The maximum atomic E-state index is 13.2. The van der Waals surface area contributed by atoms with Crippen LogP contribution in [0.1, 0.15) is 27.0 Å². The van der Waals surface area contributed by atoms with Crippen LogP contribution in [-0.2, 0) is 12.8 Å². The first-order valence-electron chi connectivity index (χ1n) is 6.52. The Kier molecular flexibility index (Phi) is 2.94. The number of aryl methyl sites for hydroxylation is 1. The van der Waals surface area contributed by atoms with Crippen molar-refractivity contribution >= 4 is 5.78 Å². The fourth-order valence-electron chi connectivity index (χ4n) is 2.78. The van der Waals surface area contributed by atoms with E-state index in [2.05, 4.69) is 12.1 Å². The molecule has 2 aromatic rings. The van der Waals surface area contributed by atoms with Gasteiger partial charge in [0.25, 0.3) is 0 Å². The molecule has 1 aliphatic rings. The molecule has 3 rings (SSSR count). The van der Waals surface area contributed by atoms with Crippen LogP contribution in [0.25, 0.3) is 0 Å². The van der Waals surface area contributed by atoms with Gasteiger partial charge in [-0.25, -0.2) is 4.39 Å². The fourth-order valence-corrected chi connectivity index (χ4v) is 2.78. The molecular weight excluding hydrogens is 239 g/mol. The van der Waals surface area contributed by atoms with Crippen LogP contribution in [0.4, 0.5) is 4.39 Å². The molecule has 0 unspecified atom stereocenters. The summed E-state index contributed by atoms with van der Waals surface area (Å²) in [5, 5.41) is 0. The van der Waals surface area contributed by atoms with Crippen molar-refractivity contribution in [1.82, 2.24) is 0 Å². The van der Waals surface area contributed by atoms with Crippen molar-refractivity contribution in [2.75, 3.05) is 0 Å². The van der Waals surface area contributed by atoms with Crippen molar-refractivity contribution in [3.05, 3.63) is 70.5 Å². The number of carbonyl (C=O) groups excluding carboxylic acids is 1. The largest absolute Gasteiger partial charge is 0.294 e. The predicted octanol–water partition coefficient (Wildman–Crippen LogP) is 3.73. The fraction of sp³-hybridized carbons (Fsp3) is 0.235. The Hall–Kier alpha value is -1.96. The van der Waals surface area contributed by atoms with Crippen LogP contribution in [0.5, 0.6) is 0 Å². The highest BCUT2D eigenvalue weighted by Crippen LogP contribution is 2.29. The van der Waals surface area contributed by atoms with Crippen molar-refractivity contribution in [2.24, 2.45) is 5.92 Å². The molecule has 0 saturated carbocycles. The van der Waals surface area contributed by atoms with Crippen LogP contribution < -0.4 is 0 Å². The molecule has 0 atom stereocenters. The number of halogens is 1. The molecule has 1 nitrogen and oxygen atoms in total. The van der Waals surface area contributed by atoms with Gasteiger partial charge in [0, 0.05) is 11.5 Å². The lowest BCUT2D eigenvalue weighted by molar-refractivity contribution is 0.0924. The Balaban J connectivity index is 1.85. The highest BCUT2D eigenvalue weighted by Gasteiger charge is 2.27. The van der Waals surface area contributed by atoms with E-state index in [-0.39, 0.29) is 17.5 Å². The topological polar surface area (TPSA) is 17.1 Å². The van der Waals surface area contributed by atoms with Crippen molar-refractivity contribution in [3.63, 3.8) is 0 Å². The van der Waals surface area contributed by atoms with Gasteiger partial charge in [-0.15, -0.1) is 0 Å².